The van der Waals surface area contributed by atoms with E-state index in [-0.39, 0.29) is 11.7 Å². The highest BCUT2D eigenvalue weighted by atomic mass is 16.5. The van der Waals surface area contributed by atoms with Crippen molar-refractivity contribution >= 4 is 6.01 Å². The van der Waals surface area contributed by atoms with Crippen LogP contribution in [0.2, 0.25) is 0 Å². The van der Waals surface area contributed by atoms with Gasteiger partial charge in [0.25, 0.3) is 0 Å². The van der Waals surface area contributed by atoms with Gasteiger partial charge in [0.05, 0.1) is 24.8 Å². The average Bonchev–Trinajstić information content (AvgIpc) is 2.63. The topological polar surface area (TPSA) is 63.4 Å². The number of anilines is 1. The monoisotopic (exact) mass is 240 g/mol. The Morgan fingerprint density at radius 3 is 2.88 bits per heavy atom. The minimum Gasteiger partial charge on any atom is -0.407 e. The van der Waals surface area contributed by atoms with E-state index in [2.05, 4.69) is 41.2 Å². The molecule has 0 bridgehead atoms. The molecule has 1 unspecified atom stereocenters. The van der Waals surface area contributed by atoms with Crippen LogP contribution in [0.5, 0.6) is 0 Å². The lowest BCUT2D eigenvalue weighted by atomic mass is 10.1. The summed E-state index contributed by atoms with van der Waals surface area (Å²) in [7, 11) is 1.85. The maximum Gasteiger partial charge on any atom is 0.318 e. The van der Waals surface area contributed by atoms with E-state index in [1.165, 1.54) is 0 Å². The molecule has 1 N–H and O–H groups in total. The molecule has 0 aromatic carbocycles. The van der Waals surface area contributed by atoms with Crippen LogP contribution in [0.3, 0.4) is 0 Å². The van der Waals surface area contributed by atoms with Gasteiger partial charge in [-0.2, -0.15) is 0 Å². The van der Waals surface area contributed by atoms with Crippen molar-refractivity contribution in [2.75, 3.05) is 25.0 Å². The van der Waals surface area contributed by atoms with Crippen LogP contribution in [0.15, 0.2) is 4.42 Å². The van der Waals surface area contributed by atoms with Crippen LogP contribution in [0.4, 0.5) is 6.01 Å². The molecule has 0 saturated carbocycles. The van der Waals surface area contributed by atoms with Gasteiger partial charge in [-0.25, -0.2) is 0 Å². The predicted molar refractivity (Wildman–Crippen MR) is 63.9 cm³/mol. The number of ether oxygens (including phenoxy) is 1. The predicted octanol–water partition coefficient (Wildman–Crippen LogP) is 0.793. The van der Waals surface area contributed by atoms with Gasteiger partial charge in [-0.1, -0.05) is 5.10 Å². The van der Waals surface area contributed by atoms with E-state index in [4.69, 9.17) is 9.15 Å². The van der Waals surface area contributed by atoms with E-state index >= 15 is 0 Å². The zero-order valence-electron chi connectivity index (χ0n) is 10.9. The fourth-order valence-electron chi connectivity index (χ4n) is 2.19. The highest BCUT2D eigenvalue weighted by molar-refractivity contribution is 5.26. The summed E-state index contributed by atoms with van der Waals surface area (Å²) in [6.45, 7) is 8.33. The first kappa shape index (κ1) is 12.3. The molecule has 96 valence electrons. The summed E-state index contributed by atoms with van der Waals surface area (Å²) in [6, 6.07) is 0.582. The van der Waals surface area contributed by atoms with E-state index in [0.29, 0.717) is 18.5 Å². The smallest absolute Gasteiger partial charge is 0.318 e. The van der Waals surface area contributed by atoms with Crippen molar-refractivity contribution in [1.29, 1.82) is 0 Å². The first-order chi connectivity index (χ1) is 8.00. The lowest BCUT2D eigenvalue weighted by molar-refractivity contribution is -0.0761. The average molecular weight is 240 g/mol. The molecule has 6 heteroatoms. The summed E-state index contributed by atoms with van der Waals surface area (Å²) in [5.41, 5.74) is -0.185. The van der Waals surface area contributed by atoms with Crippen LogP contribution in [-0.4, -0.2) is 42.0 Å². The Hall–Kier alpha value is -1.14. The van der Waals surface area contributed by atoms with Gasteiger partial charge in [0.2, 0.25) is 5.89 Å². The summed E-state index contributed by atoms with van der Waals surface area (Å²) in [5, 5.41) is 11.1. The molecule has 1 saturated heterocycles. The molecule has 1 atom stereocenters. The SMILES string of the molecule is CNCc1nnc(N2CC(C)OC(C)(C)C2)o1. The van der Waals surface area contributed by atoms with Crippen molar-refractivity contribution in [1.82, 2.24) is 15.5 Å². The van der Waals surface area contributed by atoms with E-state index < -0.39 is 0 Å². The largest absolute Gasteiger partial charge is 0.407 e. The Morgan fingerprint density at radius 2 is 2.24 bits per heavy atom. The summed E-state index contributed by atoms with van der Waals surface area (Å²) in [4.78, 5) is 2.08. The molecule has 0 radical (unpaired) electrons. The van der Waals surface area contributed by atoms with Gasteiger partial charge in [0.1, 0.15) is 0 Å². The molecule has 0 spiro atoms. The van der Waals surface area contributed by atoms with Gasteiger partial charge in [0, 0.05) is 6.54 Å². The van der Waals surface area contributed by atoms with Gasteiger partial charge in [0.15, 0.2) is 0 Å². The van der Waals surface area contributed by atoms with Crippen molar-refractivity contribution < 1.29 is 9.15 Å². The normalized spacial score (nSPS) is 24.0. The number of nitrogens with one attached hydrogen (secondary N) is 1. The molecule has 1 aliphatic rings. The third-order valence-electron chi connectivity index (χ3n) is 2.62. The third-order valence-corrected chi connectivity index (χ3v) is 2.62. The van der Waals surface area contributed by atoms with Crippen LogP contribution in [0.1, 0.15) is 26.7 Å². The summed E-state index contributed by atoms with van der Waals surface area (Å²) in [6.07, 6.45) is 0.165. The number of hydrogen-bond donors (Lipinski definition) is 1. The van der Waals surface area contributed by atoms with Crippen molar-refractivity contribution in [3.8, 4) is 0 Å². The lowest BCUT2D eigenvalue weighted by Crippen LogP contribution is -2.52. The number of morpholine rings is 1. The van der Waals surface area contributed by atoms with Crippen LogP contribution in [0.25, 0.3) is 0 Å². The minimum absolute atomic E-state index is 0.165. The summed E-state index contributed by atoms with van der Waals surface area (Å²) >= 11 is 0. The Labute approximate surface area is 101 Å². The molecular formula is C11H20N4O2. The Balaban J connectivity index is 2.10. The molecule has 1 aromatic rings. The zero-order chi connectivity index (χ0) is 12.5. The minimum atomic E-state index is -0.185. The second-order valence-corrected chi connectivity index (χ2v) is 5.08. The maximum absolute atomic E-state index is 5.84. The number of rotatable bonds is 3. The van der Waals surface area contributed by atoms with Crippen LogP contribution < -0.4 is 10.2 Å². The Morgan fingerprint density at radius 1 is 1.47 bits per heavy atom. The van der Waals surface area contributed by atoms with Crippen LogP contribution in [-0.2, 0) is 11.3 Å². The highest BCUT2D eigenvalue weighted by Gasteiger charge is 2.33. The number of nitrogens with zero attached hydrogens (tertiary/aromatic N) is 3. The highest BCUT2D eigenvalue weighted by Crippen LogP contribution is 2.24. The molecule has 1 aliphatic heterocycles. The molecule has 2 heterocycles. The summed E-state index contributed by atoms with van der Waals surface area (Å²) < 4.78 is 11.4. The van der Waals surface area contributed by atoms with Crippen LogP contribution in [0, 0.1) is 0 Å². The Bertz CT molecular complexity index is 377. The molecule has 0 amide bonds. The zero-order valence-corrected chi connectivity index (χ0v) is 10.9. The standard InChI is InChI=1S/C11H20N4O2/c1-8-6-15(7-11(2,3)17-8)10-14-13-9(16-10)5-12-4/h8,12H,5-7H2,1-4H3. The van der Waals surface area contributed by atoms with Gasteiger partial charge >= 0.3 is 6.01 Å². The quantitative estimate of drug-likeness (QED) is 0.843. The second kappa shape index (κ2) is 4.62. The van der Waals surface area contributed by atoms with E-state index in [1.807, 2.05) is 7.05 Å². The Kier molecular flexibility index (Phi) is 3.35. The first-order valence-electron chi connectivity index (χ1n) is 5.90. The molecule has 0 aliphatic carbocycles. The van der Waals surface area contributed by atoms with Gasteiger partial charge < -0.3 is 19.4 Å². The molecule has 1 fully saturated rings. The fourth-order valence-corrected chi connectivity index (χ4v) is 2.19. The van der Waals surface area contributed by atoms with E-state index in [1.54, 1.807) is 0 Å². The fraction of sp³-hybridized carbons (Fsp3) is 0.818. The lowest BCUT2D eigenvalue weighted by Gasteiger charge is -2.40. The molecule has 1 aromatic heterocycles. The van der Waals surface area contributed by atoms with Gasteiger partial charge in [-0.15, -0.1) is 5.10 Å². The first-order valence-corrected chi connectivity index (χ1v) is 5.90. The van der Waals surface area contributed by atoms with Gasteiger partial charge in [-0.05, 0) is 27.8 Å². The van der Waals surface area contributed by atoms with Crippen molar-refractivity contribution in [2.24, 2.45) is 0 Å². The number of hydrogen-bond acceptors (Lipinski definition) is 6. The van der Waals surface area contributed by atoms with Gasteiger partial charge in [-0.3, -0.25) is 0 Å². The molecular weight excluding hydrogens is 220 g/mol. The van der Waals surface area contributed by atoms with Crippen LogP contribution >= 0.6 is 0 Å². The van der Waals surface area contributed by atoms with Crippen molar-refractivity contribution in [3.63, 3.8) is 0 Å². The molecule has 6 nitrogen and oxygen atoms in total. The number of aromatic nitrogens is 2. The molecule has 2 rings (SSSR count). The molecule has 17 heavy (non-hydrogen) atoms. The summed E-state index contributed by atoms with van der Waals surface area (Å²) in [5.74, 6) is 0.611. The van der Waals surface area contributed by atoms with E-state index in [0.717, 1.165) is 13.1 Å². The van der Waals surface area contributed by atoms with Crippen molar-refractivity contribution in [2.45, 2.75) is 39.0 Å². The third kappa shape index (κ3) is 2.95. The van der Waals surface area contributed by atoms with Crippen molar-refractivity contribution in [3.05, 3.63) is 5.89 Å². The second-order valence-electron chi connectivity index (χ2n) is 5.08. The van der Waals surface area contributed by atoms with E-state index in [9.17, 15) is 0 Å². The maximum atomic E-state index is 5.84.